The van der Waals surface area contributed by atoms with Crippen molar-refractivity contribution >= 4 is 17.2 Å². The van der Waals surface area contributed by atoms with E-state index in [2.05, 4.69) is 66.0 Å². The molecule has 0 amide bonds. The number of fused-ring (bicyclic) bond motifs is 6. The maximum Gasteiger partial charge on any atom is 0.302 e. The third-order valence-corrected chi connectivity index (χ3v) is 9.67. The average Bonchev–Trinajstić information content (AvgIpc) is 3.34. The zero-order valence-corrected chi connectivity index (χ0v) is 19.5. The van der Waals surface area contributed by atoms with Gasteiger partial charge in [0.1, 0.15) is 11.8 Å². The molecule has 2 fully saturated rings. The van der Waals surface area contributed by atoms with E-state index in [9.17, 15) is 4.79 Å². The van der Waals surface area contributed by atoms with Crippen molar-refractivity contribution in [3.05, 3.63) is 54.0 Å². The van der Waals surface area contributed by atoms with Crippen LogP contribution in [0.5, 0.6) is 0 Å². The number of nitrogens with zero attached hydrogens (tertiary/aromatic N) is 2. The fourth-order valence-corrected chi connectivity index (χ4v) is 8.06. The summed E-state index contributed by atoms with van der Waals surface area (Å²) in [5.74, 6) is 2.04. The highest BCUT2D eigenvalue weighted by molar-refractivity contribution is 5.72. The molecule has 0 aromatic carbocycles. The first-order valence-corrected chi connectivity index (χ1v) is 12.4. The van der Waals surface area contributed by atoms with E-state index in [-0.39, 0.29) is 22.9 Å². The summed E-state index contributed by atoms with van der Waals surface area (Å²) in [7, 11) is 0. The van der Waals surface area contributed by atoms with E-state index in [0.29, 0.717) is 5.92 Å². The Hall–Kier alpha value is -2.36. The second-order valence-corrected chi connectivity index (χ2v) is 11.1. The third kappa shape index (κ3) is 2.80. The number of allylic oxidation sites excluding steroid dienone is 3. The summed E-state index contributed by atoms with van der Waals surface area (Å²) < 4.78 is 7.87. The van der Waals surface area contributed by atoms with Crippen LogP contribution in [0.1, 0.15) is 71.4 Å². The molecule has 0 aliphatic heterocycles. The van der Waals surface area contributed by atoms with Gasteiger partial charge in [0.25, 0.3) is 0 Å². The fourth-order valence-electron chi connectivity index (χ4n) is 8.06. The predicted octanol–water partition coefficient (Wildman–Crippen LogP) is 6.22. The quantitative estimate of drug-likeness (QED) is 0.419. The molecule has 4 aliphatic carbocycles. The van der Waals surface area contributed by atoms with Gasteiger partial charge >= 0.3 is 5.97 Å². The lowest BCUT2D eigenvalue weighted by Gasteiger charge is -2.57. The summed E-state index contributed by atoms with van der Waals surface area (Å²) in [5, 5.41) is 0. The molecule has 6 atom stereocenters. The Kier molecular flexibility index (Phi) is 4.48. The number of ether oxygens (including phenoxy) is 1. The lowest BCUT2D eigenvalue weighted by Crippen LogP contribution is -2.50. The highest BCUT2D eigenvalue weighted by atomic mass is 16.5. The van der Waals surface area contributed by atoms with Crippen LogP contribution in [-0.2, 0) is 9.53 Å². The summed E-state index contributed by atoms with van der Waals surface area (Å²) in [6.45, 7) is 6.57. The topological polar surface area (TPSA) is 43.6 Å². The average molecular weight is 431 g/mol. The second kappa shape index (κ2) is 7.07. The Labute approximate surface area is 190 Å². The summed E-state index contributed by atoms with van der Waals surface area (Å²) in [4.78, 5) is 16.2. The number of carbonyl (C=O) groups is 1. The zero-order chi connectivity index (χ0) is 22.1. The molecule has 2 aromatic rings. The highest BCUT2D eigenvalue weighted by Gasteiger charge is 2.57. The molecule has 4 heteroatoms. The van der Waals surface area contributed by atoms with Gasteiger partial charge in [0.15, 0.2) is 0 Å². The van der Waals surface area contributed by atoms with E-state index in [4.69, 9.17) is 4.74 Å². The number of hydrogen-bond donors (Lipinski definition) is 0. The minimum absolute atomic E-state index is 0.0760. The van der Waals surface area contributed by atoms with Gasteiger partial charge in [0.2, 0.25) is 0 Å². The van der Waals surface area contributed by atoms with Gasteiger partial charge in [0, 0.05) is 19.5 Å². The van der Waals surface area contributed by atoms with E-state index in [1.807, 2.05) is 0 Å². The summed E-state index contributed by atoms with van der Waals surface area (Å²) in [6, 6.07) is 6.26. The molecule has 0 unspecified atom stereocenters. The number of carbonyl (C=O) groups excluding carboxylic acids is 1. The second-order valence-electron chi connectivity index (χ2n) is 11.1. The van der Waals surface area contributed by atoms with Crippen LogP contribution in [0.15, 0.2) is 48.3 Å². The van der Waals surface area contributed by atoms with Crippen LogP contribution in [0.2, 0.25) is 0 Å². The van der Waals surface area contributed by atoms with Crippen LogP contribution < -0.4 is 0 Å². The molecule has 0 N–H and O–H groups in total. The van der Waals surface area contributed by atoms with Crippen molar-refractivity contribution in [3.8, 4) is 0 Å². The molecule has 6 rings (SSSR count). The fraction of sp³-hybridized carbons (Fsp3) is 0.571. The van der Waals surface area contributed by atoms with Crippen molar-refractivity contribution in [1.29, 1.82) is 0 Å². The van der Waals surface area contributed by atoms with Crippen molar-refractivity contribution in [2.45, 2.75) is 71.8 Å². The SMILES string of the molecule is CC(=O)O[C@@H]1CC[C@@]2(C)C(=CC[C@@H]3[C@@H]2CC[C@]2(C)C(c4cnc5ccccn45)=CC[C@@H]32)C1. The van der Waals surface area contributed by atoms with Crippen molar-refractivity contribution in [2.24, 2.45) is 28.6 Å². The van der Waals surface area contributed by atoms with Crippen molar-refractivity contribution in [2.75, 3.05) is 0 Å². The number of imidazole rings is 1. The van der Waals surface area contributed by atoms with Crippen LogP contribution >= 0.6 is 0 Å². The van der Waals surface area contributed by atoms with Crippen LogP contribution in [0, 0.1) is 28.6 Å². The monoisotopic (exact) mass is 430 g/mol. The molecule has 4 aliphatic rings. The van der Waals surface area contributed by atoms with Crippen molar-refractivity contribution < 1.29 is 9.53 Å². The van der Waals surface area contributed by atoms with Gasteiger partial charge in [0.05, 0.1) is 11.9 Å². The number of rotatable bonds is 2. The van der Waals surface area contributed by atoms with Crippen LogP contribution in [0.4, 0.5) is 0 Å². The molecule has 2 aromatic heterocycles. The van der Waals surface area contributed by atoms with Crippen LogP contribution in [0.25, 0.3) is 11.2 Å². The first-order chi connectivity index (χ1) is 15.4. The Bertz CT molecular complexity index is 1140. The van der Waals surface area contributed by atoms with E-state index in [0.717, 1.165) is 36.7 Å². The third-order valence-electron chi connectivity index (χ3n) is 9.67. The Morgan fingerprint density at radius 1 is 1.09 bits per heavy atom. The van der Waals surface area contributed by atoms with Gasteiger partial charge < -0.3 is 9.14 Å². The smallest absolute Gasteiger partial charge is 0.302 e. The molecule has 168 valence electrons. The molecule has 0 bridgehead atoms. The largest absolute Gasteiger partial charge is 0.462 e. The van der Waals surface area contributed by atoms with Crippen LogP contribution in [-0.4, -0.2) is 21.5 Å². The Morgan fingerprint density at radius 3 is 2.78 bits per heavy atom. The minimum Gasteiger partial charge on any atom is -0.462 e. The molecule has 0 radical (unpaired) electrons. The molecule has 0 saturated heterocycles. The van der Waals surface area contributed by atoms with Gasteiger partial charge in [-0.2, -0.15) is 0 Å². The lowest BCUT2D eigenvalue weighted by atomic mass is 9.47. The standard InChI is InChI=1S/C28H34N2O2/c1-18(31)32-20-11-13-27(2)19(16-20)7-8-21-22-9-10-24(28(22,3)14-12-23(21)27)25-17-29-26-6-4-5-15-30(25)26/h4-7,10,15,17,20-23H,8-9,11-14,16H2,1-3H3/t20-,21+,22+,23+,27+,28+/m1/s1. The van der Waals surface area contributed by atoms with Gasteiger partial charge in [-0.05, 0) is 84.8 Å². The van der Waals surface area contributed by atoms with Crippen molar-refractivity contribution in [3.63, 3.8) is 0 Å². The van der Waals surface area contributed by atoms with E-state index < -0.39 is 0 Å². The summed E-state index contributed by atoms with van der Waals surface area (Å²) in [6.07, 6.45) is 17.4. The normalized spacial score (nSPS) is 38.3. The van der Waals surface area contributed by atoms with Gasteiger partial charge in [-0.1, -0.05) is 37.6 Å². The lowest BCUT2D eigenvalue weighted by molar-refractivity contribution is -0.148. The molecule has 2 saturated carbocycles. The minimum atomic E-state index is -0.140. The molecule has 0 spiro atoms. The summed E-state index contributed by atoms with van der Waals surface area (Å²) in [5.41, 5.74) is 5.89. The van der Waals surface area contributed by atoms with Crippen molar-refractivity contribution in [1.82, 2.24) is 9.38 Å². The predicted molar refractivity (Wildman–Crippen MR) is 126 cm³/mol. The molecular formula is C28H34N2O2. The van der Waals surface area contributed by atoms with Crippen LogP contribution in [0.3, 0.4) is 0 Å². The number of pyridine rings is 1. The number of esters is 1. The molecular weight excluding hydrogens is 396 g/mol. The maximum absolute atomic E-state index is 11.5. The van der Waals surface area contributed by atoms with Gasteiger partial charge in [-0.15, -0.1) is 0 Å². The first-order valence-electron chi connectivity index (χ1n) is 12.4. The van der Waals surface area contributed by atoms with E-state index >= 15 is 0 Å². The molecule has 2 heterocycles. The van der Waals surface area contributed by atoms with Gasteiger partial charge in [-0.3, -0.25) is 4.79 Å². The molecule has 32 heavy (non-hydrogen) atoms. The highest BCUT2D eigenvalue weighted by Crippen LogP contribution is 2.66. The van der Waals surface area contributed by atoms with Gasteiger partial charge in [-0.25, -0.2) is 4.98 Å². The summed E-state index contributed by atoms with van der Waals surface area (Å²) >= 11 is 0. The zero-order valence-electron chi connectivity index (χ0n) is 19.5. The Morgan fingerprint density at radius 2 is 1.94 bits per heavy atom. The van der Waals surface area contributed by atoms with E-state index in [1.165, 1.54) is 43.9 Å². The van der Waals surface area contributed by atoms with E-state index in [1.54, 1.807) is 5.57 Å². The number of hydrogen-bond acceptors (Lipinski definition) is 3. The Balaban J connectivity index is 1.30. The first kappa shape index (κ1) is 20.3. The maximum atomic E-state index is 11.5. The number of aromatic nitrogens is 2. The molecule has 4 nitrogen and oxygen atoms in total.